The summed E-state index contributed by atoms with van der Waals surface area (Å²) in [5.41, 5.74) is -0.408. The lowest BCUT2D eigenvalue weighted by atomic mass is 9.91. The van der Waals surface area contributed by atoms with Gasteiger partial charge in [0.1, 0.15) is 17.4 Å². The quantitative estimate of drug-likeness (QED) is 0.128. The van der Waals surface area contributed by atoms with Crippen LogP contribution in [0.15, 0.2) is 30.3 Å². The summed E-state index contributed by atoms with van der Waals surface area (Å²) >= 11 is 0. The summed E-state index contributed by atoms with van der Waals surface area (Å²) in [4.78, 5) is 68.6. The number of carbonyl (C=O) groups excluding carboxylic acids is 5. The summed E-state index contributed by atoms with van der Waals surface area (Å²) in [5, 5.41) is 4.92. The number of amides is 2. The highest BCUT2D eigenvalue weighted by molar-refractivity contribution is 5.98. The van der Waals surface area contributed by atoms with Crippen LogP contribution in [-0.4, -0.2) is 118 Å². The van der Waals surface area contributed by atoms with Gasteiger partial charge in [-0.25, -0.2) is 0 Å². The third-order valence-corrected chi connectivity index (χ3v) is 8.45. The number of benzene rings is 1. The molecule has 2 heterocycles. The molecule has 2 aliphatic heterocycles. The molecule has 280 valence electrons. The van der Waals surface area contributed by atoms with Crippen molar-refractivity contribution in [2.24, 2.45) is 17.8 Å². The van der Waals surface area contributed by atoms with Crippen molar-refractivity contribution in [1.82, 2.24) is 15.5 Å². The van der Waals surface area contributed by atoms with Crippen LogP contribution in [0.5, 0.6) is 0 Å². The number of halogens is 4. The van der Waals surface area contributed by atoms with Gasteiger partial charge in [-0.05, 0) is 31.2 Å². The first-order chi connectivity index (χ1) is 23.7. The zero-order chi connectivity index (χ0) is 36.8. The van der Waals surface area contributed by atoms with Crippen LogP contribution in [0.1, 0.15) is 45.6 Å². The van der Waals surface area contributed by atoms with E-state index in [0.29, 0.717) is 31.9 Å². The molecule has 0 saturated carbocycles. The Hall–Kier alpha value is -3.31. The van der Waals surface area contributed by atoms with Crippen molar-refractivity contribution in [2.75, 3.05) is 52.7 Å². The zero-order valence-corrected chi connectivity index (χ0v) is 28.5. The fourth-order valence-electron chi connectivity index (χ4n) is 5.59. The standard InChI is InChI=1S/C34H47F4N3O9/c1-21(2)13-26(29(44)34(3)20-50-34)39-31(46)24(18-48-32(35)36)16-28(43)27(19-49-33(37)38)40-30(45)23(14-22-7-5-4-6-8-22)15-25(42)17-41-9-11-47-12-10-41/h4-8,21,23-24,26-27,32-33H,9-20H2,1-3H3,(H,39,46)(H,40,45)/t23-,24+,26+,27+,34-/m1/s1. The molecule has 0 bridgehead atoms. The van der Waals surface area contributed by atoms with Crippen LogP contribution in [0.4, 0.5) is 17.6 Å². The van der Waals surface area contributed by atoms with Crippen molar-refractivity contribution in [3.63, 3.8) is 0 Å². The average Bonchev–Trinajstić information content (AvgIpc) is 3.82. The minimum atomic E-state index is -3.33. The zero-order valence-electron chi connectivity index (χ0n) is 28.5. The molecule has 12 nitrogen and oxygen atoms in total. The van der Waals surface area contributed by atoms with E-state index in [1.807, 2.05) is 4.90 Å². The van der Waals surface area contributed by atoms with Gasteiger partial charge < -0.3 is 29.6 Å². The number of alkyl halides is 4. The summed E-state index contributed by atoms with van der Waals surface area (Å²) in [5.74, 6) is -6.10. The van der Waals surface area contributed by atoms with E-state index in [0.717, 1.165) is 0 Å². The van der Waals surface area contributed by atoms with E-state index in [1.165, 1.54) is 0 Å². The normalized spacial score (nSPS) is 20.3. The molecule has 2 N–H and O–H groups in total. The third kappa shape index (κ3) is 14.1. The first-order valence-electron chi connectivity index (χ1n) is 16.6. The second kappa shape index (κ2) is 19.9. The Bertz CT molecular complexity index is 1280. The number of nitrogens with one attached hydrogen (secondary N) is 2. The van der Waals surface area contributed by atoms with Gasteiger partial charge in [-0.15, -0.1) is 0 Å². The van der Waals surface area contributed by atoms with Crippen LogP contribution >= 0.6 is 0 Å². The summed E-state index contributed by atoms with van der Waals surface area (Å²) in [7, 11) is 0. The highest BCUT2D eigenvalue weighted by atomic mass is 19.3. The summed E-state index contributed by atoms with van der Waals surface area (Å²) in [6.07, 6.45) is -0.783. The molecule has 2 saturated heterocycles. The molecular formula is C34H47F4N3O9. The van der Waals surface area contributed by atoms with Crippen molar-refractivity contribution >= 4 is 29.2 Å². The molecule has 1 aromatic rings. The number of Topliss-reactive ketones (excluding diaryl/α,β-unsaturated/α-hetero) is 3. The predicted octanol–water partition coefficient (Wildman–Crippen LogP) is 2.56. The monoisotopic (exact) mass is 717 g/mol. The molecule has 0 aromatic heterocycles. The number of rotatable bonds is 23. The van der Waals surface area contributed by atoms with Gasteiger partial charge in [0, 0.05) is 31.8 Å². The van der Waals surface area contributed by atoms with E-state index in [4.69, 9.17) is 9.47 Å². The van der Waals surface area contributed by atoms with Crippen molar-refractivity contribution in [3.05, 3.63) is 35.9 Å². The van der Waals surface area contributed by atoms with E-state index in [1.54, 1.807) is 51.1 Å². The maximum atomic E-state index is 13.6. The number of hydrogen-bond acceptors (Lipinski definition) is 10. The fourth-order valence-corrected chi connectivity index (χ4v) is 5.59. The Morgan fingerprint density at radius 1 is 0.860 bits per heavy atom. The molecule has 2 fully saturated rings. The molecule has 0 unspecified atom stereocenters. The first-order valence-corrected chi connectivity index (χ1v) is 16.6. The number of ether oxygens (including phenoxy) is 4. The first kappa shape index (κ1) is 41.1. The third-order valence-electron chi connectivity index (χ3n) is 8.45. The maximum absolute atomic E-state index is 13.6. The van der Waals surface area contributed by atoms with Crippen molar-refractivity contribution in [2.45, 2.75) is 77.4 Å². The molecule has 0 aliphatic carbocycles. The molecule has 0 spiro atoms. The van der Waals surface area contributed by atoms with E-state index >= 15 is 0 Å². The number of nitrogens with zero attached hydrogens (tertiary/aromatic N) is 1. The fraction of sp³-hybridized carbons (Fsp3) is 0.676. The molecular weight excluding hydrogens is 670 g/mol. The highest BCUT2D eigenvalue weighted by Gasteiger charge is 2.50. The lowest BCUT2D eigenvalue weighted by molar-refractivity contribution is -0.156. The van der Waals surface area contributed by atoms with Crippen molar-refractivity contribution in [3.8, 4) is 0 Å². The lowest BCUT2D eigenvalue weighted by Gasteiger charge is -2.27. The van der Waals surface area contributed by atoms with Gasteiger partial charge in [-0.2, -0.15) is 17.6 Å². The lowest BCUT2D eigenvalue weighted by Crippen LogP contribution is -2.51. The molecule has 3 rings (SSSR count). The molecule has 1 aromatic carbocycles. The molecule has 2 aliphatic rings. The van der Waals surface area contributed by atoms with Crippen LogP contribution in [0.3, 0.4) is 0 Å². The Kier molecular flexibility index (Phi) is 16.4. The smallest absolute Gasteiger partial charge is 0.345 e. The molecule has 50 heavy (non-hydrogen) atoms. The van der Waals surface area contributed by atoms with Gasteiger partial charge >= 0.3 is 13.2 Å². The van der Waals surface area contributed by atoms with Crippen LogP contribution in [0, 0.1) is 17.8 Å². The largest absolute Gasteiger partial charge is 0.379 e. The maximum Gasteiger partial charge on any atom is 0.345 e. The predicted molar refractivity (Wildman–Crippen MR) is 170 cm³/mol. The van der Waals surface area contributed by atoms with E-state index < -0.39 is 85.8 Å². The number of epoxide rings is 1. The van der Waals surface area contributed by atoms with E-state index in [2.05, 4.69) is 20.1 Å². The van der Waals surface area contributed by atoms with Gasteiger partial charge in [-0.3, -0.25) is 28.9 Å². The average molecular weight is 718 g/mol. The number of carbonyl (C=O) groups is 5. The summed E-state index contributed by atoms with van der Waals surface area (Å²) in [6.45, 7) is -1.24. The highest BCUT2D eigenvalue weighted by Crippen LogP contribution is 2.30. The van der Waals surface area contributed by atoms with Crippen LogP contribution < -0.4 is 10.6 Å². The Labute approximate surface area is 288 Å². The van der Waals surface area contributed by atoms with Crippen LogP contribution in [0.25, 0.3) is 0 Å². The van der Waals surface area contributed by atoms with Gasteiger partial charge in [0.15, 0.2) is 11.6 Å². The summed E-state index contributed by atoms with van der Waals surface area (Å²) in [6, 6.07) is 5.94. The Morgan fingerprint density at radius 2 is 1.44 bits per heavy atom. The minimum Gasteiger partial charge on any atom is -0.379 e. The van der Waals surface area contributed by atoms with Gasteiger partial charge in [0.05, 0.1) is 51.5 Å². The summed E-state index contributed by atoms with van der Waals surface area (Å²) < 4.78 is 71.7. The molecule has 16 heteroatoms. The molecule has 2 amide bonds. The van der Waals surface area contributed by atoms with Gasteiger partial charge in [-0.1, -0.05) is 44.2 Å². The number of hydrogen-bond donors (Lipinski definition) is 2. The van der Waals surface area contributed by atoms with Gasteiger partial charge in [0.2, 0.25) is 11.8 Å². The van der Waals surface area contributed by atoms with Crippen LogP contribution in [0.2, 0.25) is 0 Å². The second-order valence-corrected chi connectivity index (χ2v) is 13.2. The van der Waals surface area contributed by atoms with E-state index in [-0.39, 0.29) is 44.1 Å². The Morgan fingerprint density at radius 3 is 2.02 bits per heavy atom. The topological polar surface area (TPSA) is 153 Å². The van der Waals surface area contributed by atoms with Crippen LogP contribution in [-0.2, 0) is 49.3 Å². The van der Waals surface area contributed by atoms with Crippen molar-refractivity contribution < 1.29 is 60.5 Å². The minimum absolute atomic E-state index is 0.0608. The number of morpholine rings is 1. The van der Waals surface area contributed by atoms with E-state index in [9.17, 15) is 41.5 Å². The van der Waals surface area contributed by atoms with Crippen molar-refractivity contribution in [1.29, 1.82) is 0 Å². The second-order valence-electron chi connectivity index (χ2n) is 13.2. The Balaban J connectivity index is 1.78. The van der Waals surface area contributed by atoms with Gasteiger partial charge in [0.25, 0.3) is 0 Å². The molecule has 0 radical (unpaired) electrons. The SMILES string of the molecule is CC(C)C[C@H](NC(=O)[C@H](COC(F)F)CC(=O)[C@H](COC(F)F)NC(=O)[C@@H](CC(=O)CN1CCOCC1)Cc1ccccc1)C(=O)[C@@]1(C)CO1. The molecule has 5 atom stereocenters. The number of ketones is 3.